The summed E-state index contributed by atoms with van der Waals surface area (Å²) in [5.41, 5.74) is 1.96. The Morgan fingerprint density at radius 2 is 2.17 bits per heavy atom. The van der Waals surface area contributed by atoms with Crippen LogP contribution in [0.1, 0.15) is 11.3 Å². The monoisotopic (exact) mass is 445 g/mol. The number of halogens is 1. The number of carbonyl (C=O) groups excluding carboxylic acids is 1. The van der Waals surface area contributed by atoms with Crippen LogP contribution in [0.5, 0.6) is 0 Å². The molecule has 29 heavy (non-hydrogen) atoms. The van der Waals surface area contributed by atoms with E-state index in [0.29, 0.717) is 31.8 Å². The fourth-order valence-corrected chi connectivity index (χ4v) is 4.54. The number of anilines is 1. The third-order valence-electron chi connectivity index (χ3n) is 4.30. The number of nitrogens with zero attached hydrogens (tertiary/aromatic N) is 2. The van der Waals surface area contributed by atoms with E-state index in [2.05, 4.69) is 10.3 Å². The van der Waals surface area contributed by atoms with E-state index in [0.717, 1.165) is 5.56 Å². The number of benzene rings is 1. The van der Waals surface area contributed by atoms with E-state index in [9.17, 15) is 9.59 Å². The first-order valence-corrected chi connectivity index (χ1v) is 11.0. The van der Waals surface area contributed by atoms with E-state index in [1.807, 2.05) is 12.3 Å². The van der Waals surface area contributed by atoms with Crippen molar-refractivity contribution in [1.82, 2.24) is 9.55 Å². The van der Waals surface area contributed by atoms with Gasteiger partial charge in [-0.3, -0.25) is 14.2 Å². The molecule has 0 aliphatic rings. The van der Waals surface area contributed by atoms with Crippen LogP contribution >= 0.6 is 34.7 Å². The van der Waals surface area contributed by atoms with E-state index < -0.39 is 0 Å². The lowest BCUT2D eigenvalue weighted by Gasteiger charge is -2.12. The first-order chi connectivity index (χ1) is 14.0. The molecular formula is C20H16ClN3O3S2. The molecule has 9 heteroatoms. The maximum Gasteiger partial charge on any atom is 0.272 e. The molecule has 0 saturated carbocycles. The highest BCUT2D eigenvalue weighted by Gasteiger charge is 2.16. The van der Waals surface area contributed by atoms with Gasteiger partial charge in [0.15, 0.2) is 5.16 Å². The van der Waals surface area contributed by atoms with Gasteiger partial charge in [0.05, 0.1) is 24.1 Å². The maximum atomic E-state index is 12.9. The molecule has 1 aromatic carbocycles. The molecule has 0 saturated heterocycles. The van der Waals surface area contributed by atoms with Crippen LogP contribution in [0, 0.1) is 6.92 Å². The molecule has 4 aromatic rings. The second kappa shape index (κ2) is 8.44. The summed E-state index contributed by atoms with van der Waals surface area (Å²) in [6, 6.07) is 10.7. The number of hydrogen-bond acceptors (Lipinski definition) is 6. The zero-order chi connectivity index (χ0) is 20.4. The maximum absolute atomic E-state index is 12.9. The van der Waals surface area contributed by atoms with Crippen LogP contribution in [0.4, 0.5) is 5.69 Å². The van der Waals surface area contributed by atoms with E-state index in [4.69, 9.17) is 16.0 Å². The lowest BCUT2D eigenvalue weighted by atomic mass is 10.2. The molecule has 1 amide bonds. The molecule has 0 atom stereocenters. The highest BCUT2D eigenvalue weighted by atomic mass is 35.5. The number of furan rings is 1. The molecule has 0 bridgehead atoms. The minimum atomic E-state index is -0.204. The number of thiophene rings is 1. The molecule has 0 spiro atoms. The Morgan fingerprint density at radius 3 is 2.97 bits per heavy atom. The summed E-state index contributed by atoms with van der Waals surface area (Å²) in [6.07, 6.45) is 1.56. The number of hydrogen-bond donors (Lipinski definition) is 1. The molecule has 6 nitrogen and oxygen atoms in total. The Morgan fingerprint density at radius 1 is 1.31 bits per heavy atom. The van der Waals surface area contributed by atoms with Crippen molar-refractivity contribution >= 4 is 56.5 Å². The molecule has 0 unspecified atom stereocenters. The Labute approximate surface area is 179 Å². The summed E-state index contributed by atoms with van der Waals surface area (Å²) < 4.78 is 7.51. The minimum Gasteiger partial charge on any atom is -0.467 e. The Kier molecular flexibility index (Phi) is 5.75. The van der Waals surface area contributed by atoms with Gasteiger partial charge in [0.25, 0.3) is 5.56 Å². The highest BCUT2D eigenvalue weighted by Crippen LogP contribution is 2.25. The van der Waals surface area contributed by atoms with Gasteiger partial charge in [0, 0.05) is 10.7 Å². The molecule has 0 radical (unpaired) electrons. The van der Waals surface area contributed by atoms with Crippen molar-refractivity contribution < 1.29 is 9.21 Å². The highest BCUT2D eigenvalue weighted by molar-refractivity contribution is 7.99. The van der Waals surface area contributed by atoms with Crippen molar-refractivity contribution in [2.75, 3.05) is 11.1 Å². The van der Waals surface area contributed by atoms with Gasteiger partial charge >= 0.3 is 0 Å². The molecule has 4 rings (SSSR count). The smallest absolute Gasteiger partial charge is 0.272 e. The molecule has 3 heterocycles. The number of amides is 1. The number of nitrogens with one attached hydrogen (secondary N) is 1. The van der Waals surface area contributed by atoms with Gasteiger partial charge in [-0.2, -0.15) is 0 Å². The Hall–Kier alpha value is -2.55. The third kappa shape index (κ3) is 4.24. The van der Waals surface area contributed by atoms with Crippen molar-refractivity contribution in [1.29, 1.82) is 0 Å². The van der Waals surface area contributed by atoms with Gasteiger partial charge in [-0.25, -0.2) is 4.98 Å². The van der Waals surface area contributed by atoms with Crippen LogP contribution in [0.2, 0.25) is 5.02 Å². The average molecular weight is 446 g/mol. The molecule has 148 valence electrons. The first-order valence-electron chi connectivity index (χ1n) is 8.71. The fourth-order valence-electron chi connectivity index (χ4n) is 2.79. The van der Waals surface area contributed by atoms with Crippen LogP contribution in [0.15, 0.2) is 62.4 Å². The summed E-state index contributed by atoms with van der Waals surface area (Å²) in [6.45, 7) is 2.10. The number of rotatable bonds is 6. The SMILES string of the molecule is Cc1c(Cl)cccc1NC(=O)CSc1nc2ccsc2c(=O)n1Cc1ccco1. The third-order valence-corrected chi connectivity index (χ3v) is 6.58. The first kappa shape index (κ1) is 19.8. The number of carbonyl (C=O) groups is 1. The second-order valence-electron chi connectivity index (χ2n) is 6.25. The predicted molar refractivity (Wildman–Crippen MR) is 117 cm³/mol. The molecule has 3 aromatic heterocycles. The summed E-state index contributed by atoms with van der Waals surface area (Å²) in [4.78, 5) is 30.0. The topological polar surface area (TPSA) is 77.1 Å². The molecule has 0 fully saturated rings. The number of thioether (sulfide) groups is 1. The lowest BCUT2D eigenvalue weighted by Crippen LogP contribution is -2.24. The van der Waals surface area contributed by atoms with Gasteiger partial charge in [0.2, 0.25) is 5.91 Å². The number of aromatic nitrogens is 2. The number of fused-ring (bicyclic) bond motifs is 1. The van der Waals surface area contributed by atoms with E-state index in [-0.39, 0.29) is 23.8 Å². The Balaban J connectivity index is 1.57. The zero-order valence-corrected chi connectivity index (χ0v) is 17.7. The van der Waals surface area contributed by atoms with Crippen LogP contribution in [0.3, 0.4) is 0 Å². The van der Waals surface area contributed by atoms with Crippen molar-refractivity contribution in [3.8, 4) is 0 Å². The van der Waals surface area contributed by atoms with Crippen LogP contribution < -0.4 is 10.9 Å². The summed E-state index contributed by atoms with van der Waals surface area (Å²) >= 11 is 8.67. The molecule has 0 aliphatic heterocycles. The van der Waals surface area contributed by atoms with Gasteiger partial charge in [-0.1, -0.05) is 29.4 Å². The van der Waals surface area contributed by atoms with Crippen LogP contribution in [-0.2, 0) is 11.3 Å². The summed E-state index contributed by atoms with van der Waals surface area (Å²) in [5.74, 6) is 0.543. The zero-order valence-electron chi connectivity index (χ0n) is 15.3. The Bertz CT molecular complexity index is 1230. The van der Waals surface area contributed by atoms with Gasteiger partial charge in [-0.05, 0) is 48.2 Å². The van der Waals surface area contributed by atoms with E-state index in [1.165, 1.54) is 23.1 Å². The second-order valence-corrected chi connectivity index (χ2v) is 8.52. The molecular weight excluding hydrogens is 430 g/mol. The van der Waals surface area contributed by atoms with E-state index in [1.54, 1.807) is 47.2 Å². The summed E-state index contributed by atoms with van der Waals surface area (Å²) in [7, 11) is 0. The molecule has 0 aliphatic carbocycles. The van der Waals surface area contributed by atoms with Crippen LogP contribution in [-0.4, -0.2) is 21.2 Å². The normalized spacial score (nSPS) is 11.1. The average Bonchev–Trinajstić information content (AvgIpc) is 3.38. The van der Waals surface area contributed by atoms with Gasteiger partial charge in [-0.15, -0.1) is 11.3 Å². The lowest BCUT2D eigenvalue weighted by molar-refractivity contribution is -0.113. The van der Waals surface area contributed by atoms with Crippen molar-refractivity contribution in [3.05, 3.63) is 74.7 Å². The van der Waals surface area contributed by atoms with Gasteiger partial charge in [0.1, 0.15) is 10.5 Å². The molecule has 1 N–H and O–H groups in total. The largest absolute Gasteiger partial charge is 0.467 e. The van der Waals surface area contributed by atoms with Gasteiger partial charge < -0.3 is 9.73 Å². The van der Waals surface area contributed by atoms with Crippen molar-refractivity contribution in [2.24, 2.45) is 0 Å². The summed E-state index contributed by atoms with van der Waals surface area (Å²) in [5, 5.41) is 5.75. The van der Waals surface area contributed by atoms with E-state index >= 15 is 0 Å². The fraction of sp³-hybridized carbons (Fsp3) is 0.150. The predicted octanol–water partition coefficient (Wildman–Crippen LogP) is 4.79. The van der Waals surface area contributed by atoms with Crippen LogP contribution in [0.25, 0.3) is 10.2 Å². The standard InChI is InChI=1S/C20H16ClN3O3S2/c1-12-14(21)5-2-6-15(12)22-17(25)11-29-20-23-16-7-9-28-18(16)19(26)24(20)10-13-4-3-8-27-13/h2-9H,10-11H2,1H3,(H,22,25). The van der Waals surface area contributed by atoms with Crippen molar-refractivity contribution in [2.45, 2.75) is 18.6 Å². The van der Waals surface area contributed by atoms with Crippen molar-refractivity contribution in [3.63, 3.8) is 0 Å². The minimum absolute atomic E-state index is 0.103. The quantitative estimate of drug-likeness (QED) is 0.341.